The molecule has 0 saturated heterocycles. The van der Waals surface area contributed by atoms with Gasteiger partial charge in [-0.1, -0.05) is 45.7 Å². The van der Waals surface area contributed by atoms with E-state index in [4.69, 9.17) is 21.1 Å². The summed E-state index contributed by atoms with van der Waals surface area (Å²) in [5, 5.41) is 4.15. The highest BCUT2D eigenvalue weighted by Gasteiger charge is 2.13. The van der Waals surface area contributed by atoms with Crippen LogP contribution in [0.5, 0.6) is 11.5 Å². The molecule has 152 valence electrons. The van der Waals surface area contributed by atoms with E-state index in [-0.39, 0.29) is 0 Å². The maximum Gasteiger partial charge on any atom is 0.175 e. The van der Waals surface area contributed by atoms with Gasteiger partial charge >= 0.3 is 0 Å². The molecular weight excluding hydrogens is 518 g/mol. The molecular formula is C23H22Br2ClNO2. The SMILES string of the molecule is CCOc1cc(CNc2ccc(C)c(Cl)c2)cc(Br)c1OCc1ccc(Br)cc1. The Kier molecular flexibility index (Phi) is 7.87. The van der Waals surface area contributed by atoms with Gasteiger partial charge in [-0.2, -0.15) is 0 Å². The zero-order valence-corrected chi connectivity index (χ0v) is 20.2. The van der Waals surface area contributed by atoms with Crippen LogP contribution in [-0.2, 0) is 13.2 Å². The molecule has 0 radical (unpaired) electrons. The summed E-state index contributed by atoms with van der Waals surface area (Å²) >= 11 is 13.3. The molecule has 3 aromatic carbocycles. The fourth-order valence-electron chi connectivity index (χ4n) is 2.77. The van der Waals surface area contributed by atoms with Gasteiger partial charge in [0.25, 0.3) is 0 Å². The van der Waals surface area contributed by atoms with Crippen molar-refractivity contribution in [1.29, 1.82) is 0 Å². The Balaban J connectivity index is 1.74. The van der Waals surface area contributed by atoms with E-state index in [1.807, 2.05) is 68.4 Å². The molecule has 0 aromatic heterocycles. The molecule has 0 aliphatic rings. The number of aryl methyl sites for hydroxylation is 1. The molecule has 6 heteroatoms. The normalized spacial score (nSPS) is 10.7. The summed E-state index contributed by atoms with van der Waals surface area (Å²) in [6, 6.07) is 18.1. The standard InChI is InChI=1S/C23H22Br2ClNO2/c1-3-28-22-11-17(13-27-19-9-4-15(2)21(26)12-19)10-20(25)23(22)29-14-16-5-7-18(24)8-6-16/h4-12,27H,3,13-14H2,1-2H3. The van der Waals surface area contributed by atoms with Crippen LogP contribution in [0.3, 0.4) is 0 Å². The third-order valence-electron chi connectivity index (χ3n) is 4.33. The number of nitrogens with one attached hydrogen (secondary N) is 1. The average Bonchev–Trinajstić information content (AvgIpc) is 2.70. The first kappa shape index (κ1) is 22.0. The molecule has 1 N–H and O–H groups in total. The van der Waals surface area contributed by atoms with Gasteiger partial charge in [-0.3, -0.25) is 0 Å². The van der Waals surface area contributed by atoms with Gasteiger partial charge in [-0.05, 0) is 82.9 Å². The van der Waals surface area contributed by atoms with Crippen molar-refractivity contribution in [1.82, 2.24) is 0 Å². The third kappa shape index (κ3) is 6.14. The van der Waals surface area contributed by atoms with Crippen LogP contribution in [0.25, 0.3) is 0 Å². The van der Waals surface area contributed by atoms with Crippen LogP contribution in [0.4, 0.5) is 5.69 Å². The summed E-state index contributed by atoms with van der Waals surface area (Å²) in [6.45, 7) is 5.62. The highest BCUT2D eigenvalue weighted by atomic mass is 79.9. The molecule has 0 heterocycles. The van der Waals surface area contributed by atoms with E-state index in [0.717, 1.165) is 42.1 Å². The van der Waals surface area contributed by atoms with Gasteiger partial charge in [0.05, 0.1) is 11.1 Å². The lowest BCUT2D eigenvalue weighted by atomic mass is 10.1. The molecule has 0 spiro atoms. The first-order valence-electron chi connectivity index (χ1n) is 9.28. The number of hydrogen-bond acceptors (Lipinski definition) is 3. The molecule has 3 rings (SSSR count). The smallest absolute Gasteiger partial charge is 0.175 e. The molecule has 0 bridgehead atoms. The Morgan fingerprint density at radius 2 is 1.69 bits per heavy atom. The maximum absolute atomic E-state index is 6.22. The van der Waals surface area contributed by atoms with Crippen molar-refractivity contribution in [2.75, 3.05) is 11.9 Å². The highest BCUT2D eigenvalue weighted by molar-refractivity contribution is 9.10. The molecule has 0 saturated carbocycles. The van der Waals surface area contributed by atoms with Crippen LogP contribution in [0.2, 0.25) is 5.02 Å². The predicted octanol–water partition coefficient (Wildman–Crippen LogP) is 7.76. The van der Waals surface area contributed by atoms with Crippen LogP contribution in [0, 0.1) is 6.92 Å². The second-order valence-electron chi connectivity index (χ2n) is 6.57. The van der Waals surface area contributed by atoms with Crippen molar-refractivity contribution in [3.8, 4) is 11.5 Å². The van der Waals surface area contributed by atoms with E-state index in [1.165, 1.54) is 0 Å². The molecule has 0 aliphatic carbocycles. The van der Waals surface area contributed by atoms with Gasteiger partial charge in [0, 0.05) is 21.7 Å². The first-order chi connectivity index (χ1) is 14.0. The molecule has 29 heavy (non-hydrogen) atoms. The zero-order valence-electron chi connectivity index (χ0n) is 16.3. The van der Waals surface area contributed by atoms with Crippen LogP contribution in [-0.4, -0.2) is 6.61 Å². The number of ether oxygens (including phenoxy) is 2. The van der Waals surface area contributed by atoms with Gasteiger partial charge in [0.2, 0.25) is 0 Å². The maximum atomic E-state index is 6.22. The van der Waals surface area contributed by atoms with E-state index in [9.17, 15) is 0 Å². The number of rotatable bonds is 8. The highest BCUT2D eigenvalue weighted by Crippen LogP contribution is 2.38. The summed E-state index contributed by atoms with van der Waals surface area (Å²) in [7, 11) is 0. The molecule has 0 fully saturated rings. The quantitative estimate of drug-likeness (QED) is 0.317. The van der Waals surface area contributed by atoms with E-state index in [0.29, 0.717) is 25.5 Å². The fourth-order valence-corrected chi connectivity index (χ4v) is 3.82. The largest absolute Gasteiger partial charge is 0.490 e. The monoisotopic (exact) mass is 537 g/mol. The van der Waals surface area contributed by atoms with Crippen molar-refractivity contribution < 1.29 is 9.47 Å². The van der Waals surface area contributed by atoms with Crippen molar-refractivity contribution >= 4 is 49.1 Å². The summed E-state index contributed by atoms with van der Waals surface area (Å²) < 4.78 is 13.8. The first-order valence-corrected chi connectivity index (χ1v) is 11.2. The lowest BCUT2D eigenvalue weighted by Gasteiger charge is -2.16. The lowest BCUT2D eigenvalue weighted by molar-refractivity contribution is 0.267. The average molecular weight is 540 g/mol. The van der Waals surface area contributed by atoms with Gasteiger partial charge < -0.3 is 14.8 Å². The topological polar surface area (TPSA) is 30.5 Å². The molecule has 3 nitrogen and oxygen atoms in total. The van der Waals surface area contributed by atoms with Crippen LogP contribution >= 0.6 is 43.5 Å². The number of anilines is 1. The minimum atomic E-state index is 0.464. The van der Waals surface area contributed by atoms with Gasteiger partial charge in [0.1, 0.15) is 6.61 Å². The third-order valence-corrected chi connectivity index (χ3v) is 5.86. The van der Waals surface area contributed by atoms with E-state index in [2.05, 4.69) is 37.2 Å². The van der Waals surface area contributed by atoms with Gasteiger partial charge in [-0.25, -0.2) is 0 Å². The Hall–Kier alpha value is -1.69. The van der Waals surface area contributed by atoms with Gasteiger partial charge in [0.15, 0.2) is 11.5 Å². The predicted molar refractivity (Wildman–Crippen MR) is 127 cm³/mol. The molecule has 0 amide bonds. The summed E-state index contributed by atoms with van der Waals surface area (Å²) in [4.78, 5) is 0. The van der Waals surface area contributed by atoms with Crippen molar-refractivity contribution in [3.05, 3.63) is 85.3 Å². The molecule has 3 aromatic rings. The minimum absolute atomic E-state index is 0.464. The van der Waals surface area contributed by atoms with Crippen LogP contribution in [0.15, 0.2) is 63.5 Å². The minimum Gasteiger partial charge on any atom is -0.490 e. The second-order valence-corrected chi connectivity index (χ2v) is 8.75. The number of hydrogen-bond donors (Lipinski definition) is 1. The summed E-state index contributed by atoms with van der Waals surface area (Å²) in [5.41, 5.74) is 4.20. The Labute approximate surface area is 193 Å². The zero-order chi connectivity index (χ0) is 20.8. The molecule has 0 unspecified atom stereocenters. The van der Waals surface area contributed by atoms with Gasteiger partial charge in [-0.15, -0.1) is 0 Å². The number of benzene rings is 3. The van der Waals surface area contributed by atoms with E-state index >= 15 is 0 Å². The molecule has 0 aliphatic heterocycles. The van der Waals surface area contributed by atoms with Crippen molar-refractivity contribution in [2.45, 2.75) is 27.0 Å². The second kappa shape index (κ2) is 10.4. The summed E-state index contributed by atoms with van der Waals surface area (Å²) in [5.74, 6) is 1.43. The van der Waals surface area contributed by atoms with Crippen LogP contribution in [0.1, 0.15) is 23.6 Å². The van der Waals surface area contributed by atoms with Crippen molar-refractivity contribution in [2.24, 2.45) is 0 Å². The number of halogens is 3. The summed E-state index contributed by atoms with van der Waals surface area (Å²) in [6.07, 6.45) is 0. The Morgan fingerprint density at radius 3 is 2.38 bits per heavy atom. The van der Waals surface area contributed by atoms with E-state index < -0.39 is 0 Å². The van der Waals surface area contributed by atoms with Crippen molar-refractivity contribution in [3.63, 3.8) is 0 Å². The molecule has 0 atom stereocenters. The van der Waals surface area contributed by atoms with Crippen LogP contribution < -0.4 is 14.8 Å². The Bertz CT molecular complexity index is 977. The fraction of sp³-hybridized carbons (Fsp3) is 0.217. The van der Waals surface area contributed by atoms with E-state index in [1.54, 1.807) is 0 Å². The lowest BCUT2D eigenvalue weighted by Crippen LogP contribution is -2.04. The Morgan fingerprint density at radius 1 is 0.931 bits per heavy atom.